The minimum Gasteiger partial charge on any atom is -0.207 e. The molecule has 0 aliphatic heterocycles. The van der Waals surface area contributed by atoms with Crippen LogP contribution in [-0.4, -0.2) is 30.6 Å². The average molecular weight is 372 g/mol. The summed E-state index contributed by atoms with van der Waals surface area (Å²) in [7, 11) is -4.31. The average Bonchev–Trinajstić information content (AvgIpc) is 2.23. The number of nitrogens with zero attached hydrogens (tertiary/aromatic N) is 1. The largest absolute Gasteiger partial charge is 0.249 e. The van der Waals surface area contributed by atoms with Gasteiger partial charge in [-0.25, -0.2) is 21.6 Å². The van der Waals surface area contributed by atoms with Crippen molar-refractivity contribution in [2.24, 2.45) is 0 Å². The molecule has 0 bridgehead atoms. The van der Waals surface area contributed by atoms with Gasteiger partial charge in [-0.2, -0.15) is 4.31 Å². The predicted octanol–water partition coefficient (Wildman–Crippen LogP) is 3.04. The van der Waals surface area contributed by atoms with Gasteiger partial charge in [0.2, 0.25) is 10.0 Å². The third-order valence-electron chi connectivity index (χ3n) is 3.32. The van der Waals surface area contributed by atoms with Crippen LogP contribution in [0, 0.1) is 17.5 Å². The summed E-state index contributed by atoms with van der Waals surface area (Å²) in [4.78, 5) is -1.08. The molecule has 0 spiro atoms. The Morgan fingerprint density at radius 2 is 1.75 bits per heavy atom. The monoisotopic (exact) mass is 371 g/mol. The Kier molecular flexibility index (Phi) is 4.76. The fraction of sp³-hybridized carbons (Fsp3) is 0.500. The second-order valence-corrected chi connectivity index (χ2v) is 7.21. The summed E-state index contributed by atoms with van der Waals surface area (Å²) in [6.45, 7) is 0.114. The first-order valence-corrected chi connectivity index (χ1v) is 8.66. The van der Waals surface area contributed by atoms with Gasteiger partial charge in [0.25, 0.3) is 0 Å². The quantitative estimate of drug-likeness (QED) is 0.746. The molecule has 1 fully saturated rings. The first-order chi connectivity index (χ1) is 9.37. The van der Waals surface area contributed by atoms with Crippen molar-refractivity contribution in [2.45, 2.75) is 30.2 Å². The molecule has 0 atom stereocenters. The predicted molar refractivity (Wildman–Crippen MR) is 71.6 cm³/mol. The number of alkyl halides is 1. The third-order valence-corrected chi connectivity index (χ3v) is 5.68. The van der Waals surface area contributed by atoms with Gasteiger partial charge in [-0.05, 0) is 12.8 Å². The Balaban J connectivity index is 2.47. The van der Waals surface area contributed by atoms with Crippen LogP contribution >= 0.6 is 15.9 Å². The number of hydrogen-bond donors (Lipinski definition) is 0. The van der Waals surface area contributed by atoms with Crippen LogP contribution in [0.25, 0.3) is 0 Å². The van der Waals surface area contributed by atoms with Crippen molar-refractivity contribution >= 4 is 26.0 Å². The van der Waals surface area contributed by atoms with Crippen molar-refractivity contribution in [1.29, 1.82) is 0 Å². The van der Waals surface area contributed by atoms with Crippen molar-refractivity contribution in [1.82, 2.24) is 4.31 Å². The van der Waals surface area contributed by atoms with Crippen LogP contribution in [0.15, 0.2) is 17.0 Å². The number of halogens is 4. The molecule has 0 heterocycles. The molecule has 0 unspecified atom stereocenters. The van der Waals surface area contributed by atoms with E-state index >= 15 is 0 Å². The van der Waals surface area contributed by atoms with Crippen LogP contribution in [0.3, 0.4) is 0 Å². The molecule has 1 aromatic carbocycles. The lowest BCUT2D eigenvalue weighted by molar-refractivity contribution is 0.227. The van der Waals surface area contributed by atoms with Gasteiger partial charge >= 0.3 is 0 Å². The normalized spacial score (nSPS) is 16.4. The number of benzene rings is 1. The molecule has 3 nitrogen and oxygen atoms in total. The number of hydrogen-bond acceptors (Lipinski definition) is 2. The molecule has 0 N–H and O–H groups in total. The van der Waals surface area contributed by atoms with Crippen molar-refractivity contribution in [3.8, 4) is 0 Å². The van der Waals surface area contributed by atoms with Gasteiger partial charge < -0.3 is 0 Å². The van der Waals surface area contributed by atoms with Gasteiger partial charge in [0, 0.05) is 30.0 Å². The lowest BCUT2D eigenvalue weighted by Crippen LogP contribution is -2.45. The highest BCUT2D eigenvalue weighted by Crippen LogP contribution is 2.32. The molecular weight excluding hydrogens is 359 g/mol. The smallest absolute Gasteiger partial charge is 0.207 e. The van der Waals surface area contributed by atoms with Crippen LogP contribution in [-0.2, 0) is 10.0 Å². The van der Waals surface area contributed by atoms with Crippen LogP contribution < -0.4 is 0 Å². The summed E-state index contributed by atoms with van der Waals surface area (Å²) >= 11 is 3.13. The molecule has 0 radical (unpaired) electrons. The highest BCUT2D eigenvalue weighted by molar-refractivity contribution is 9.09. The van der Waals surface area contributed by atoms with Crippen LogP contribution in [0.1, 0.15) is 19.3 Å². The molecule has 0 amide bonds. The first-order valence-electron chi connectivity index (χ1n) is 6.10. The van der Waals surface area contributed by atoms with E-state index in [-0.39, 0.29) is 12.6 Å². The van der Waals surface area contributed by atoms with Crippen LogP contribution in [0.4, 0.5) is 13.2 Å². The Morgan fingerprint density at radius 3 is 2.15 bits per heavy atom. The Morgan fingerprint density at radius 1 is 1.20 bits per heavy atom. The van der Waals surface area contributed by atoms with Gasteiger partial charge in [0.05, 0.1) is 0 Å². The molecule has 8 heteroatoms. The maximum atomic E-state index is 13.7. The molecule has 0 saturated heterocycles. The van der Waals surface area contributed by atoms with E-state index in [4.69, 9.17) is 0 Å². The van der Waals surface area contributed by atoms with Crippen LogP contribution in [0.2, 0.25) is 0 Å². The summed E-state index contributed by atoms with van der Waals surface area (Å²) in [6.07, 6.45) is 2.21. The fourth-order valence-corrected chi connectivity index (χ4v) is 4.55. The molecule has 20 heavy (non-hydrogen) atoms. The topological polar surface area (TPSA) is 37.4 Å². The van der Waals surface area contributed by atoms with E-state index in [1.807, 2.05) is 0 Å². The zero-order valence-corrected chi connectivity index (χ0v) is 12.9. The molecule has 1 aliphatic rings. The molecule has 112 valence electrons. The number of rotatable bonds is 5. The van der Waals surface area contributed by atoms with Crippen molar-refractivity contribution < 1.29 is 21.6 Å². The Labute approximate surface area is 123 Å². The summed E-state index contributed by atoms with van der Waals surface area (Å²) < 4.78 is 66.2. The molecule has 2 rings (SSSR count). The summed E-state index contributed by atoms with van der Waals surface area (Å²) in [5, 5.41) is 0.354. The van der Waals surface area contributed by atoms with E-state index in [1.165, 1.54) is 0 Å². The van der Waals surface area contributed by atoms with E-state index in [2.05, 4.69) is 15.9 Å². The third kappa shape index (κ3) is 2.87. The zero-order chi connectivity index (χ0) is 14.9. The maximum absolute atomic E-state index is 13.7. The van der Waals surface area contributed by atoms with Gasteiger partial charge in [0.1, 0.15) is 17.5 Å². The highest BCUT2D eigenvalue weighted by Gasteiger charge is 2.37. The van der Waals surface area contributed by atoms with E-state index in [1.54, 1.807) is 0 Å². The summed E-state index contributed by atoms with van der Waals surface area (Å²) in [6, 6.07) is 0.507. The Bertz CT molecular complexity index is 582. The maximum Gasteiger partial charge on any atom is 0.249 e. The molecule has 1 saturated carbocycles. The highest BCUT2D eigenvalue weighted by atomic mass is 79.9. The van der Waals surface area contributed by atoms with E-state index in [0.29, 0.717) is 30.3 Å². The number of sulfonamides is 1. The molecule has 1 aliphatic carbocycles. The van der Waals surface area contributed by atoms with Gasteiger partial charge in [-0.1, -0.05) is 22.4 Å². The van der Waals surface area contributed by atoms with Gasteiger partial charge in [-0.15, -0.1) is 0 Å². The SMILES string of the molecule is O=S(=O)(c1c(F)cc(F)cc1F)N(CCBr)C1CCC1. The Hall–Kier alpha value is -0.600. The second-order valence-electron chi connectivity index (χ2n) is 4.59. The standard InChI is InChI=1S/C12H13BrF3NO2S/c13-4-5-17(9-2-1-3-9)20(18,19)12-10(15)6-8(14)7-11(12)16/h6-7,9H,1-5H2. The van der Waals surface area contributed by atoms with E-state index < -0.39 is 32.4 Å². The lowest BCUT2D eigenvalue weighted by atomic mass is 9.93. The summed E-state index contributed by atoms with van der Waals surface area (Å²) in [5.41, 5.74) is 0. The van der Waals surface area contributed by atoms with Crippen molar-refractivity contribution in [3.05, 3.63) is 29.6 Å². The molecule has 1 aromatic rings. The minimum absolute atomic E-state index is 0.114. The van der Waals surface area contributed by atoms with Crippen molar-refractivity contribution in [2.75, 3.05) is 11.9 Å². The minimum atomic E-state index is -4.31. The summed E-state index contributed by atoms with van der Waals surface area (Å²) in [5.74, 6) is -3.95. The lowest BCUT2D eigenvalue weighted by Gasteiger charge is -2.36. The van der Waals surface area contributed by atoms with E-state index in [0.717, 1.165) is 10.7 Å². The first kappa shape index (κ1) is 15.8. The van der Waals surface area contributed by atoms with E-state index in [9.17, 15) is 21.6 Å². The van der Waals surface area contributed by atoms with Crippen LogP contribution in [0.5, 0.6) is 0 Å². The zero-order valence-electron chi connectivity index (χ0n) is 10.5. The van der Waals surface area contributed by atoms with Gasteiger partial charge in [-0.3, -0.25) is 0 Å². The van der Waals surface area contributed by atoms with Gasteiger partial charge in [0.15, 0.2) is 4.90 Å². The van der Waals surface area contributed by atoms with Crippen molar-refractivity contribution in [3.63, 3.8) is 0 Å². The second kappa shape index (κ2) is 6.03. The fourth-order valence-electron chi connectivity index (χ4n) is 2.15. The molecule has 0 aromatic heterocycles. The molecular formula is C12H13BrF3NO2S.